The summed E-state index contributed by atoms with van der Waals surface area (Å²) in [7, 11) is 0. The molecule has 0 bridgehead atoms. The zero-order chi connectivity index (χ0) is 20.3. The van der Waals surface area contributed by atoms with Crippen LogP contribution in [0.1, 0.15) is 41.3 Å². The molecule has 1 saturated carbocycles. The summed E-state index contributed by atoms with van der Waals surface area (Å²) in [5.74, 6) is -3.12. The molecule has 0 amide bonds. The lowest BCUT2D eigenvalue weighted by Gasteiger charge is -2.15. The SMILES string of the molecule is CCOC(=O)C1(C(=O)OCC)[C@H](C(=O)c2ccc(C)cc2)[C@H]1c1ccccc1. The van der Waals surface area contributed by atoms with Crippen LogP contribution in [-0.2, 0) is 19.1 Å². The van der Waals surface area contributed by atoms with Crippen LogP contribution in [0.5, 0.6) is 0 Å². The van der Waals surface area contributed by atoms with Crippen molar-refractivity contribution in [1.29, 1.82) is 0 Å². The van der Waals surface area contributed by atoms with Gasteiger partial charge in [-0.3, -0.25) is 14.4 Å². The van der Waals surface area contributed by atoms with Crippen LogP contribution in [0.3, 0.4) is 0 Å². The van der Waals surface area contributed by atoms with Gasteiger partial charge in [0.25, 0.3) is 0 Å². The van der Waals surface area contributed by atoms with E-state index in [9.17, 15) is 14.4 Å². The van der Waals surface area contributed by atoms with E-state index in [0.717, 1.165) is 11.1 Å². The van der Waals surface area contributed by atoms with E-state index in [-0.39, 0.29) is 19.0 Å². The monoisotopic (exact) mass is 380 g/mol. The molecule has 0 radical (unpaired) electrons. The van der Waals surface area contributed by atoms with Crippen LogP contribution in [0.25, 0.3) is 0 Å². The third kappa shape index (κ3) is 3.21. The van der Waals surface area contributed by atoms with E-state index < -0.39 is 29.2 Å². The van der Waals surface area contributed by atoms with Gasteiger partial charge in [-0.25, -0.2) is 0 Å². The highest BCUT2D eigenvalue weighted by atomic mass is 16.6. The quantitative estimate of drug-likeness (QED) is 0.416. The predicted molar refractivity (Wildman–Crippen MR) is 104 cm³/mol. The number of benzene rings is 2. The zero-order valence-corrected chi connectivity index (χ0v) is 16.3. The molecule has 0 aromatic heterocycles. The third-order valence-electron chi connectivity index (χ3n) is 5.21. The van der Waals surface area contributed by atoms with Gasteiger partial charge in [-0.05, 0) is 26.3 Å². The Hall–Kier alpha value is -2.95. The maximum atomic E-state index is 13.3. The van der Waals surface area contributed by atoms with Gasteiger partial charge in [0.2, 0.25) is 0 Å². The number of hydrogen-bond acceptors (Lipinski definition) is 5. The molecule has 28 heavy (non-hydrogen) atoms. The summed E-state index contributed by atoms with van der Waals surface area (Å²) in [5.41, 5.74) is 0.588. The minimum absolute atomic E-state index is 0.118. The summed E-state index contributed by atoms with van der Waals surface area (Å²) >= 11 is 0. The van der Waals surface area contributed by atoms with E-state index in [4.69, 9.17) is 9.47 Å². The topological polar surface area (TPSA) is 69.7 Å². The largest absolute Gasteiger partial charge is 0.465 e. The Kier molecular flexibility index (Phi) is 5.63. The highest BCUT2D eigenvalue weighted by Crippen LogP contribution is 2.67. The Labute approximate surface area is 164 Å². The zero-order valence-electron chi connectivity index (χ0n) is 16.3. The van der Waals surface area contributed by atoms with E-state index in [2.05, 4.69) is 0 Å². The van der Waals surface area contributed by atoms with Crippen molar-refractivity contribution in [3.63, 3.8) is 0 Å². The first kappa shape index (κ1) is 19.8. The van der Waals surface area contributed by atoms with Crippen molar-refractivity contribution in [1.82, 2.24) is 0 Å². The molecular formula is C23H24O5. The van der Waals surface area contributed by atoms with Crippen LogP contribution in [0.15, 0.2) is 54.6 Å². The first-order chi connectivity index (χ1) is 13.5. The number of esters is 2. The van der Waals surface area contributed by atoms with Crippen LogP contribution in [-0.4, -0.2) is 30.9 Å². The molecule has 0 spiro atoms. The minimum Gasteiger partial charge on any atom is -0.465 e. The Bertz CT molecular complexity index is 852. The molecule has 0 unspecified atom stereocenters. The summed E-state index contributed by atoms with van der Waals surface area (Å²) in [5, 5.41) is 0. The molecule has 0 N–H and O–H groups in total. The molecule has 1 aliphatic carbocycles. The number of ether oxygens (including phenoxy) is 2. The summed E-state index contributed by atoms with van der Waals surface area (Å²) in [6.07, 6.45) is 0. The van der Waals surface area contributed by atoms with Gasteiger partial charge in [-0.1, -0.05) is 60.2 Å². The second-order valence-corrected chi connectivity index (χ2v) is 6.91. The standard InChI is InChI=1S/C23H24O5/c1-4-27-21(25)23(22(26)28-5-2)18(16-9-7-6-8-10-16)19(23)20(24)17-13-11-15(3)12-14-17/h6-14,18-19H,4-5H2,1-3H3/t18-,19+/m1/s1. The van der Waals surface area contributed by atoms with Gasteiger partial charge in [-0.15, -0.1) is 0 Å². The normalized spacial score (nSPS) is 19.5. The molecule has 2 aromatic carbocycles. The van der Waals surface area contributed by atoms with E-state index >= 15 is 0 Å². The van der Waals surface area contributed by atoms with Gasteiger partial charge in [0.1, 0.15) is 0 Å². The predicted octanol–water partition coefficient (Wildman–Crippen LogP) is 3.70. The van der Waals surface area contributed by atoms with E-state index in [1.165, 1.54) is 0 Å². The fourth-order valence-electron chi connectivity index (χ4n) is 3.85. The molecule has 1 aliphatic rings. The molecule has 2 aromatic rings. The number of carbonyl (C=O) groups is 3. The Balaban J connectivity index is 2.09. The van der Waals surface area contributed by atoms with Gasteiger partial charge >= 0.3 is 11.9 Å². The fraction of sp³-hybridized carbons (Fsp3) is 0.348. The van der Waals surface area contributed by atoms with Crippen LogP contribution in [0, 0.1) is 18.3 Å². The first-order valence-electron chi connectivity index (χ1n) is 9.48. The summed E-state index contributed by atoms with van der Waals surface area (Å²) in [4.78, 5) is 39.2. The fourth-order valence-corrected chi connectivity index (χ4v) is 3.85. The highest BCUT2D eigenvalue weighted by molar-refractivity contribution is 6.16. The van der Waals surface area contributed by atoms with Gasteiger partial charge < -0.3 is 9.47 Å². The van der Waals surface area contributed by atoms with Crippen molar-refractivity contribution in [2.75, 3.05) is 13.2 Å². The van der Waals surface area contributed by atoms with E-state index in [0.29, 0.717) is 5.56 Å². The lowest BCUT2D eigenvalue weighted by molar-refractivity contribution is -0.165. The van der Waals surface area contributed by atoms with Crippen LogP contribution in [0.2, 0.25) is 0 Å². The van der Waals surface area contributed by atoms with Crippen molar-refractivity contribution in [3.8, 4) is 0 Å². The molecule has 1 fully saturated rings. The van der Waals surface area contributed by atoms with Crippen molar-refractivity contribution in [3.05, 3.63) is 71.3 Å². The average molecular weight is 380 g/mol. The van der Waals surface area contributed by atoms with Crippen molar-refractivity contribution in [2.24, 2.45) is 11.3 Å². The smallest absolute Gasteiger partial charge is 0.324 e. The molecule has 146 valence electrons. The number of aryl methyl sites for hydroxylation is 1. The number of Topliss-reactive ketones (excluding diaryl/α,β-unsaturated/α-hetero) is 1. The second-order valence-electron chi connectivity index (χ2n) is 6.91. The Morgan fingerprint density at radius 3 is 1.89 bits per heavy atom. The minimum atomic E-state index is -1.64. The summed E-state index contributed by atoms with van der Waals surface area (Å²) in [6.45, 7) is 5.51. The Morgan fingerprint density at radius 1 is 0.857 bits per heavy atom. The van der Waals surface area contributed by atoms with Crippen molar-refractivity contribution in [2.45, 2.75) is 26.7 Å². The molecule has 0 heterocycles. The average Bonchev–Trinajstić information content (AvgIpc) is 3.40. The van der Waals surface area contributed by atoms with Gasteiger partial charge in [-0.2, -0.15) is 0 Å². The lowest BCUT2D eigenvalue weighted by atomic mass is 9.96. The number of rotatable bonds is 7. The lowest BCUT2D eigenvalue weighted by Crippen LogP contribution is -2.34. The van der Waals surface area contributed by atoms with E-state index in [1.807, 2.05) is 49.4 Å². The summed E-state index contributed by atoms with van der Waals surface area (Å²) in [6, 6.07) is 16.2. The Morgan fingerprint density at radius 2 is 1.39 bits per heavy atom. The highest BCUT2D eigenvalue weighted by Gasteiger charge is 2.79. The number of hydrogen-bond donors (Lipinski definition) is 0. The van der Waals surface area contributed by atoms with Crippen molar-refractivity contribution >= 4 is 17.7 Å². The van der Waals surface area contributed by atoms with Gasteiger partial charge in [0, 0.05) is 11.5 Å². The van der Waals surface area contributed by atoms with Crippen molar-refractivity contribution < 1.29 is 23.9 Å². The molecular weight excluding hydrogens is 356 g/mol. The molecule has 5 heteroatoms. The molecule has 0 aliphatic heterocycles. The number of carbonyl (C=O) groups excluding carboxylic acids is 3. The molecule has 2 atom stereocenters. The first-order valence-corrected chi connectivity index (χ1v) is 9.48. The number of ketones is 1. The van der Waals surface area contributed by atoms with Crippen LogP contribution >= 0.6 is 0 Å². The van der Waals surface area contributed by atoms with Gasteiger partial charge in [0.05, 0.1) is 19.1 Å². The molecule has 3 rings (SSSR count). The molecule has 0 saturated heterocycles. The maximum absolute atomic E-state index is 13.3. The second kappa shape index (κ2) is 7.97. The molecule has 5 nitrogen and oxygen atoms in total. The van der Waals surface area contributed by atoms with Crippen LogP contribution < -0.4 is 0 Å². The summed E-state index contributed by atoms with van der Waals surface area (Å²) < 4.78 is 10.5. The van der Waals surface area contributed by atoms with Crippen LogP contribution in [0.4, 0.5) is 0 Å². The van der Waals surface area contributed by atoms with E-state index in [1.54, 1.807) is 26.0 Å². The maximum Gasteiger partial charge on any atom is 0.324 e. The van der Waals surface area contributed by atoms with Gasteiger partial charge in [0.15, 0.2) is 11.2 Å². The third-order valence-corrected chi connectivity index (χ3v) is 5.21.